The predicted octanol–water partition coefficient (Wildman–Crippen LogP) is 3.31. The lowest BCUT2D eigenvalue weighted by Gasteiger charge is -2.05. The van der Waals surface area contributed by atoms with Gasteiger partial charge in [0.05, 0.1) is 0 Å². The molecule has 17 heavy (non-hydrogen) atoms. The molecule has 0 aliphatic heterocycles. The molecule has 0 amide bonds. The van der Waals surface area contributed by atoms with E-state index in [1.807, 2.05) is 6.92 Å². The Kier molecular flexibility index (Phi) is 6.15. The number of halogens is 2. The first-order chi connectivity index (χ1) is 8.13. The number of benzene rings is 1. The van der Waals surface area contributed by atoms with Gasteiger partial charge in [0.25, 0.3) is 0 Å². The molecular weight excluding hydrogens is 291 g/mol. The number of carbonyl (C=O) groups is 1. The summed E-state index contributed by atoms with van der Waals surface area (Å²) < 4.78 is 23.9. The first-order valence-electron chi connectivity index (χ1n) is 5.37. The summed E-state index contributed by atoms with van der Waals surface area (Å²) in [7, 11) is 0. The summed E-state index contributed by atoms with van der Waals surface area (Å²) in [6.07, 6.45) is 0.792. The average Bonchev–Trinajstić information content (AvgIpc) is 2.28. The van der Waals surface area contributed by atoms with E-state index in [4.69, 9.17) is 9.47 Å². The third-order valence-corrected chi connectivity index (χ3v) is 2.48. The summed E-state index contributed by atoms with van der Waals surface area (Å²) in [6, 6.07) is 4.29. The largest absolute Gasteiger partial charge is 0.423 e. The van der Waals surface area contributed by atoms with Crippen LogP contribution in [0.1, 0.15) is 19.8 Å². The number of ether oxygens (including phenoxy) is 2. The number of carbonyl (C=O) groups excluding carboxylic acids is 1. The minimum Gasteiger partial charge on any atom is -0.423 e. The summed E-state index contributed by atoms with van der Waals surface area (Å²) in [4.78, 5) is 11.4. The summed E-state index contributed by atoms with van der Waals surface area (Å²) >= 11 is 3.12. The van der Waals surface area contributed by atoms with Gasteiger partial charge in [-0.3, -0.25) is 4.79 Å². The van der Waals surface area contributed by atoms with E-state index in [-0.39, 0.29) is 12.2 Å². The Morgan fingerprint density at radius 3 is 2.88 bits per heavy atom. The lowest BCUT2D eigenvalue weighted by atomic mass is 10.3. The lowest BCUT2D eigenvalue weighted by Crippen LogP contribution is -2.10. The number of rotatable bonds is 6. The molecule has 0 bridgehead atoms. The second kappa shape index (κ2) is 7.40. The standard InChI is InChI=1S/C12H14BrFO3/c1-2-16-7-3-4-12(15)17-11-6-5-9(13)8-10(11)14/h5-6,8H,2-4,7H2,1H3. The van der Waals surface area contributed by atoms with Crippen LogP contribution in [-0.4, -0.2) is 19.2 Å². The minimum atomic E-state index is -0.558. The third kappa shape index (κ3) is 5.28. The molecule has 0 aliphatic rings. The second-order valence-electron chi connectivity index (χ2n) is 3.35. The molecule has 0 spiro atoms. The number of hydrogen-bond donors (Lipinski definition) is 0. The lowest BCUT2D eigenvalue weighted by molar-refractivity contribution is -0.134. The van der Waals surface area contributed by atoms with Gasteiger partial charge in [0.2, 0.25) is 0 Å². The maximum atomic E-state index is 13.3. The second-order valence-corrected chi connectivity index (χ2v) is 4.26. The van der Waals surface area contributed by atoms with E-state index in [2.05, 4.69) is 15.9 Å². The van der Waals surface area contributed by atoms with Crippen LogP contribution in [0.15, 0.2) is 22.7 Å². The molecule has 3 nitrogen and oxygen atoms in total. The fraction of sp³-hybridized carbons (Fsp3) is 0.417. The molecule has 0 saturated carbocycles. The first-order valence-corrected chi connectivity index (χ1v) is 6.16. The number of hydrogen-bond acceptors (Lipinski definition) is 3. The molecule has 0 N–H and O–H groups in total. The van der Waals surface area contributed by atoms with Gasteiger partial charge in [-0.2, -0.15) is 0 Å². The van der Waals surface area contributed by atoms with Crippen LogP contribution in [0.25, 0.3) is 0 Å². The summed E-state index contributed by atoms with van der Waals surface area (Å²) in [6.45, 7) is 3.01. The minimum absolute atomic E-state index is 0.0467. The molecule has 5 heteroatoms. The van der Waals surface area contributed by atoms with Gasteiger partial charge in [-0.05, 0) is 31.5 Å². The molecule has 1 aromatic rings. The molecule has 0 fully saturated rings. The predicted molar refractivity (Wildman–Crippen MR) is 65.5 cm³/mol. The topological polar surface area (TPSA) is 35.5 Å². The SMILES string of the molecule is CCOCCCC(=O)Oc1ccc(Br)cc1F. The fourth-order valence-corrected chi connectivity index (χ4v) is 1.53. The molecule has 0 unspecified atom stereocenters. The van der Waals surface area contributed by atoms with Crippen molar-refractivity contribution >= 4 is 21.9 Å². The van der Waals surface area contributed by atoms with Crippen molar-refractivity contribution in [2.75, 3.05) is 13.2 Å². The monoisotopic (exact) mass is 304 g/mol. The Labute approximate surface area is 108 Å². The molecule has 0 aromatic heterocycles. The van der Waals surface area contributed by atoms with Crippen molar-refractivity contribution < 1.29 is 18.7 Å². The zero-order valence-corrected chi connectivity index (χ0v) is 11.1. The highest BCUT2D eigenvalue weighted by molar-refractivity contribution is 9.10. The highest BCUT2D eigenvalue weighted by Gasteiger charge is 2.09. The van der Waals surface area contributed by atoms with Crippen LogP contribution in [0, 0.1) is 5.82 Å². The van der Waals surface area contributed by atoms with Crippen molar-refractivity contribution in [2.45, 2.75) is 19.8 Å². The Bertz CT molecular complexity index is 382. The Hall–Kier alpha value is -0.940. The molecule has 0 saturated heterocycles. The van der Waals surface area contributed by atoms with Gasteiger partial charge in [0, 0.05) is 24.1 Å². The molecule has 1 aromatic carbocycles. The van der Waals surface area contributed by atoms with Gasteiger partial charge in [-0.15, -0.1) is 0 Å². The van der Waals surface area contributed by atoms with Gasteiger partial charge in [-0.25, -0.2) is 4.39 Å². The molecule has 0 aliphatic carbocycles. The summed E-state index contributed by atoms with van der Waals surface area (Å²) in [5.41, 5.74) is 0. The fourth-order valence-electron chi connectivity index (χ4n) is 1.19. The van der Waals surface area contributed by atoms with Crippen LogP contribution < -0.4 is 4.74 Å². The Morgan fingerprint density at radius 2 is 2.24 bits per heavy atom. The van der Waals surface area contributed by atoms with Crippen molar-refractivity contribution in [3.8, 4) is 5.75 Å². The van der Waals surface area contributed by atoms with Crippen molar-refractivity contribution in [2.24, 2.45) is 0 Å². The van der Waals surface area contributed by atoms with Gasteiger partial charge >= 0.3 is 5.97 Å². The van der Waals surface area contributed by atoms with Crippen LogP contribution in [0.5, 0.6) is 5.75 Å². The van der Waals surface area contributed by atoms with Crippen molar-refractivity contribution in [1.82, 2.24) is 0 Å². The molecule has 1 rings (SSSR count). The highest BCUT2D eigenvalue weighted by Crippen LogP contribution is 2.21. The van der Waals surface area contributed by atoms with Crippen LogP contribution in [0.3, 0.4) is 0 Å². The molecule has 0 heterocycles. The van der Waals surface area contributed by atoms with E-state index in [1.54, 1.807) is 6.07 Å². The quantitative estimate of drug-likeness (QED) is 0.459. The van der Waals surface area contributed by atoms with E-state index < -0.39 is 11.8 Å². The van der Waals surface area contributed by atoms with Crippen LogP contribution in [-0.2, 0) is 9.53 Å². The molecule has 94 valence electrons. The van der Waals surface area contributed by atoms with E-state index in [0.29, 0.717) is 24.1 Å². The normalized spacial score (nSPS) is 10.3. The maximum absolute atomic E-state index is 13.3. The first kappa shape index (κ1) is 14.1. The van der Waals surface area contributed by atoms with E-state index in [0.717, 1.165) is 0 Å². The molecule has 0 radical (unpaired) electrons. The maximum Gasteiger partial charge on any atom is 0.311 e. The van der Waals surface area contributed by atoms with Crippen LogP contribution in [0.4, 0.5) is 4.39 Å². The van der Waals surface area contributed by atoms with Gasteiger partial charge in [0.15, 0.2) is 11.6 Å². The Balaban J connectivity index is 2.40. The zero-order chi connectivity index (χ0) is 12.7. The smallest absolute Gasteiger partial charge is 0.311 e. The molecular formula is C12H14BrFO3. The Morgan fingerprint density at radius 1 is 1.47 bits per heavy atom. The van der Waals surface area contributed by atoms with Gasteiger partial charge in [-0.1, -0.05) is 15.9 Å². The van der Waals surface area contributed by atoms with E-state index in [1.165, 1.54) is 12.1 Å². The third-order valence-electron chi connectivity index (χ3n) is 1.99. The van der Waals surface area contributed by atoms with Crippen LogP contribution in [0.2, 0.25) is 0 Å². The van der Waals surface area contributed by atoms with Crippen LogP contribution >= 0.6 is 15.9 Å². The van der Waals surface area contributed by atoms with Crippen molar-refractivity contribution in [1.29, 1.82) is 0 Å². The van der Waals surface area contributed by atoms with Gasteiger partial charge < -0.3 is 9.47 Å². The van der Waals surface area contributed by atoms with E-state index >= 15 is 0 Å². The number of esters is 1. The summed E-state index contributed by atoms with van der Waals surface area (Å²) in [5.74, 6) is -1.06. The average molecular weight is 305 g/mol. The van der Waals surface area contributed by atoms with E-state index in [9.17, 15) is 9.18 Å². The summed E-state index contributed by atoms with van der Waals surface area (Å²) in [5, 5.41) is 0. The van der Waals surface area contributed by atoms with Crippen molar-refractivity contribution in [3.63, 3.8) is 0 Å². The van der Waals surface area contributed by atoms with Gasteiger partial charge in [0.1, 0.15) is 0 Å². The highest BCUT2D eigenvalue weighted by atomic mass is 79.9. The molecule has 0 atom stereocenters. The van der Waals surface area contributed by atoms with Crippen molar-refractivity contribution in [3.05, 3.63) is 28.5 Å². The zero-order valence-electron chi connectivity index (χ0n) is 9.54.